The summed E-state index contributed by atoms with van der Waals surface area (Å²) in [7, 11) is 1.80. The number of alkyl halides is 1. The quantitative estimate of drug-likeness (QED) is 0.374. The Kier molecular flexibility index (Phi) is 5.72. The molecule has 30 heavy (non-hydrogen) atoms. The fourth-order valence-corrected chi connectivity index (χ4v) is 3.64. The van der Waals surface area contributed by atoms with Crippen molar-refractivity contribution in [1.82, 2.24) is 14.8 Å². The highest BCUT2D eigenvalue weighted by Gasteiger charge is 2.28. The van der Waals surface area contributed by atoms with E-state index in [0.717, 1.165) is 22.4 Å². The molecule has 0 spiro atoms. The number of aryl methyl sites for hydroxylation is 1. The molecule has 2 heterocycles. The van der Waals surface area contributed by atoms with Crippen molar-refractivity contribution in [2.45, 2.75) is 0 Å². The lowest BCUT2D eigenvalue weighted by Crippen LogP contribution is -2.29. The van der Waals surface area contributed by atoms with Gasteiger partial charge in [0.05, 0.1) is 16.6 Å². The van der Waals surface area contributed by atoms with Crippen LogP contribution in [0.3, 0.4) is 0 Å². The molecular weight excluding hydrogens is 447 g/mol. The van der Waals surface area contributed by atoms with Crippen LogP contribution < -0.4 is 4.90 Å². The topological polar surface area (TPSA) is 51.0 Å². The minimum Gasteiger partial charge on any atom is -0.273 e. The number of para-hydroxylation sites is 1. The largest absolute Gasteiger partial charge is 0.273 e. The van der Waals surface area contributed by atoms with Crippen molar-refractivity contribution in [3.05, 3.63) is 84.9 Å². The zero-order chi connectivity index (χ0) is 21.1. The molecular formula is C23H18BrFN4O. The fourth-order valence-electron chi connectivity index (χ4n) is 3.39. The third kappa shape index (κ3) is 3.76. The van der Waals surface area contributed by atoms with Crippen molar-refractivity contribution >= 4 is 33.3 Å². The van der Waals surface area contributed by atoms with Crippen molar-refractivity contribution in [3.63, 3.8) is 0 Å². The number of carbonyl (C=O) groups excluding carboxylic acids is 1. The summed E-state index contributed by atoms with van der Waals surface area (Å²) in [6.07, 6.45) is 3.39. The second-order valence-electron chi connectivity index (χ2n) is 6.61. The molecule has 0 N–H and O–H groups in total. The van der Waals surface area contributed by atoms with Gasteiger partial charge in [-0.05, 0) is 54.1 Å². The first-order valence-electron chi connectivity index (χ1n) is 9.27. The van der Waals surface area contributed by atoms with Gasteiger partial charge in [-0.3, -0.25) is 19.4 Å². The van der Waals surface area contributed by atoms with Crippen LogP contribution in [0.1, 0.15) is 0 Å². The monoisotopic (exact) mass is 464 g/mol. The summed E-state index contributed by atoms with van der Waals surface area (Å²) in [6.45, 7) is 0. The van der Waals surface area contributed by atoms with Crippen LogP contribution >= 0.6 is 15.9 Å². The summed E-state index contributed by atoms with van der Waals surface area (Å²) < 4.78 is 15.2. The number of aromatic nitrogens is 3. The normalized spacial score (nSPS) is 10.8. The van der Waals surface area contributed by atoms with E-state index in [1.807, 2.05) is 42.5 Å². The first-order chi connectivity index (χ1) is 14.6. The highest BCUT2D eigenvalue weighted by molar-refractivity contribution is 9.09. The molecule has 7 heteroatoms. The Morgan fingerprint density at radius 3 is 2.30 bits per heavy atom. The molecule has 0 saturated heterocycles. The molecule has 0 aliphatic rings. The lowest BCUT2D eigenvalue weighted by Gasteiger charge is -2.23. The zero-order valence-corrected chi connectivity index (χ0v) is 17.8. The second kappa shape index (κ2) is 8.59. The first kappa shape index (κ1) is 20.0. The van der Waals surface area contributed by atoms with Crippen molar-refractivity contribution in [2.75, 3.05) is 10.2 Å². The van der Waals surface area contributed by atoms with Crippen LogP contribution in [-0.2, 0) is 11.8 Å². The first-order valence-corrected chi connectivity index (χ1v) is 10.4. The number of anilines is 2. The molecule has 4 rings (SSSR count). The molecule has 5 nitrogen and oxygen atoms in total. The predicted octanol–water partition coefficient (Wildman–Crippen LogP) is 5.35. The lowest BCUT2D eigenvalue weighted by atomic mass is 10.0. The summed E-state index contributed by atoms with van der Waals surface area (Å²) in [5.41, 5.74) is 3.76. The number of hydrogen-bond acceptors (Lipinski definition) is 3. The van der Waals surface area contributed by atoms with E-state index in [2.05, 4.69) is 20.9 Å². The molecule has 0 fully saturated rings. The van der Waals surface area contributed by atoms with Gasteiger partial charge in [0.25, 0.3) is 0 Å². The van der Waals surface area contributed by atoms with Crippen LogP contribution in [0, 0.1) is 5.82 Å². The van der Waals surface area contributed by atoms with Crippen molar-refractivity contribution < 1.29 is 9.18 Å². The highest BCUT2D eigenvalue weighted by atomic mass is 79.9. The van der Waals surface area contributed by atoms with Gasteiger partial charge in [-0.25, -0.2) is 4.39 Å². The maximum absolute atomic E-state index is 13.5. The number of amides is 1. The smallest absolute Gasteiger partial charge is 0.243 e. The minimum absolute atomic E-state index is 0.134. The summed E-state index contributed by atoms with van der Waals surface area (Å²) in [4.78, 5) is 18.8. The standard InChI is InChI=1S/C23H18BrFN4O/c1-28-23(29(20(30)15-24)19-5-3-2-4-6-19)21(16-11-13-26-14-12-16)22(27-28)17-7-9-18(25)10-8-17/h2-14H,15H2,1H3. The van der Waals surface area contributed by atoms with Gasteiger partial charge in [0, 0.05) is 25.0 Å². The molecule has 2 aromatic heterocycles. The number of nitrogens with zero attached hydrogens (tertiary/aromatic N) is 4. The molecule has 0 aliphatic carbocycles. The number of hydrogen-bond donors (Lipinski definition) is 0. The molecule has 1 amide bonds. The van der Waals surface area contributed by atoms with E-state index < -0.39 is 0 Å². The predicted molar refractivity (Wildman–Crippen MR) is 119 cm³/mol. The van der Waals surface area contributed by atoms with Crippen LogP contribution in [0.2, 0.25) is 0 Å². The van der Waals surface area contributed by atoms with Crippen molar-refractivity contribution in [2.24, 2.45) is 7.05 Å². The third-order valence-corrected chi connectivity index (χ3v) is 5.17. The van der Waals surface area contributed by atoms with Crippen LogP contribution in [0.15, 0.2) is 79.1 Å². The average molecular weight is 465 g/mol. The van der Waals surface area contributed by atoms with Gasteiger partial charge in [-0.1, -0.05) is 34.1 Å². The number of rotatable bonds is 5. The summed E-state index contributed by atoms with van der Waals surface area (Å²) in [5.74, 6) is 0.169. The van der Waals surface area contributed by atoms with Gasteiger partial charge in [0.2, 0.25) is 5.91 Å². The number of carbonyl (C=O) groups is 1. The summed E-state index contributed by atoms with van der Waals surface area (Å²) >= 11 is 3.30. The van der Waals surface area contributed by atoms with E-state index in [-0.39, 0.29) is 17.1 Å². The highest BCUT2D eigenvalue weighted by Crippen LogP contribution is 2.41. The van der Waals surface area contributed by atoms with Gasteiger partial charge in [-0.2, -0.15) is 5.10 Å². The van der Waals surface area contributed by atoms with Gasteiger partial charge < -0.3 is 0 Å². The molecule has 0 atom stereocenters. The van der Waals surface area contributed by atoms with Crippen molar-refractivity contribution in [3.8, 4) is 22.4 Å². The Morgan fingerprint density at radius 1 is 1.00 bits per heavy atom. The van der Waals surface area contributed by atoms with Crippen LogP contribution in [-0.4, -0.2) is 26.0 Å². The van der Waals surface area contributed by atoms with E-state index in [1.165, 1.54) is 12.1 Å². The maximum atomic E-state index is 13.5. The Bertz CT molecular complexity index is 1160. The summed E-state index contributed by atoms with van der Waals surface area (Å²) in [6, 6.07) is 19.3. The maximum Gasteiger partial charge on any atom is 0.243 e. The Morgan fingerprint density at radius 2 is 1.67 bits per heavy atom. The Hall–Kier alpha value is -3.32. The van der Waals surface area contributed by atoms with Gasteiger partial charge >= 0.3 is 0 Å². The van der Waals surface area contributed by atoms with E-state index >= 15 is 0 Å². The average Bonchev–Trinajstić information content (AvgIpc) is 3.12. The molecule has 0 saturated carbocycles. The van der Waals surface area contributed by atoms with Gasteiger partial charge in [0.15, 0.2) is 0 Å². The zero-order valence-electron chi connectivity index (χ0n) is 16.2. The molecule has 0 bridgehead atoms. The van der Waals surface area contributed by atoms with E-state index in [1.54, 1.807) is 41.2 Å². The van der Waals surface area contributed by atoms with Crippen LogP contribution in [0.5, 0.6) is 0 Å². The fraction of sp³-hybridized carbons (Fsp3) is 0.0870. The third-order valence-electron chi connectivity index (χ3n) is 4.69. The van der Waals surface area contributed by atoms with Gasteiger partial charge in [-0.15, -0.1) is 0 Å². The van der Waals surface area contributed by atoms with E-state index in [0.29, 0.717) is 11.5 Å². The Labute approximate surface area is 181 Å². The SMILES string of the molecule is Cn1nc(-c2ccc(F)cc2)c(-c2ccncc2)c1N(C(=O)CBr)c1ccccc1. The van der Waals surface area contributed by atoms with E-state index in [9.17, 15) is 9.18 Å². The number of benzene rings is 2. The molecule has 4 aromatic rings. The lowest BCUT2D eigenvalue weighted by molar-refractivity contribution is -0.115. The number of halogens is 2. The van der Waals surface area contributed by atoms with E-state index in [4.69, 9.17) is 5.10 Å². The van der Waals surface area contributed by atoms with Crippen molar-refractivity contribution in [1.29, 1.82) is 0 Å². The van der Waals surface area contributed by atoms with Crippen LogP contribution in [0.25, 0.3) is 22.4 Å². The summed E-state index contributed by atoms with van der Waals surface area (Å²) in [5, 5.41) is 4.86. The molecule has 2 aromatic carbocycles. The van der Waals surface area contributed by atoms with Crippen LogP contribution in [0.4, 0.5) is 15.9 Å². The van der Waals surface area contributed by atoms with Gasteiger partial charge in [0.1, 0.15) is 17.3 Å². The molecule has 0 radical (unpaired) electrons. The molecule has 0 aliphatic heterocycles. The Balaban J connectivity index is 2.01. The second-order valence-corrected chi connectivity index (χ2v) is 7.17. The number of pyridine rings is 1. The minimum atomic E-state index is -0.319. The molecule has 0 unspecified atom stereocenters. The molecule has 150 valence electrons.